The van der Waals surface area contributed by atoms with E-state index < -0.39 is 0 Å². The Morgan fingerprint density at radius 1 is 1.59 bits per heavy atom. The molecule has 4 N–H and O–H groups in total. The number of allylic oxidation sites excluding steroid dienone is 3. The lowest BCUT2D eigenvalue weighted by Crippen LogP contribution is -1.99. The highest BCUT2D eigenvalue weighted by atomic mass is 79.9. The van der Waals surface area contributed by atoms with Gasteiger partial charge in [-0.3, -0.25) is 5.14 Å². The molecule has 1 aromatic rings. The number of rotatable bonds is 4. The summed E-state index contributed by atoms with van der Waals surface area (Å²) in [7, 11) is 0. The number of hydrogen-bond donors (Lipinski definition) is 2. The molecule has 0 atom stereocenters. The number of halogens is 2. The van der Waals surface area contributed by atoms with Gasteiger partial charge in [0.15, 0.2) is 0 Å². The topological polar surface area (TPSA) is 52.0 Å². The summed E-state index contributed by atoms with van der Waals surface area (Å²) in [6.45, 7) is 4.06. The average molecular weight is 398 g/mol. The van der Waals surface area contributed by atoms with Crippen LogP contribution in [0.25, 0.3) is 5.57 Å². The molecule has 0 unspecified atom stereocenters. The molecule has 17 heavy (non-hydrogen) atoms. The lowest BCUT2D eigenvalue weighted by molar-refractivity contribution is 1.20. The molecule has 0 saturated heterocycles. The van der Waals surface area contributed by atoms with Crippen LogP contribution >= 0.6 is 55.1 Å². The minimum Gasteiger partial charge on any atom is -0.398 e. The molecular formula is C11H14Br2N2S2. The van der Waals surface area contributed by atoms with E-state index in [0.29, 0.717) is 0 Å². The molecule has 0 fully saturated rings. The summed E-state index contributed by atoms with van der Waals surface area (Å²) in [6.07, 6.45) is 2.81. The van der Waals surface area contributed by atoms with Crippen LogP contribution in [0.2, 0.25) is 0 Å². The fourth-order valence-corrected chi connectivity index (χ4v) is 4.23. The van der Waals surface area contributed by atoms with E-state index in [-0.39, 0.29) is 0 Å². The van der Waals surface area contributed by atoms with E-state index in [0.717, 1.165) is 35.7 Å². The third-order valence-corrected chi connectivity index (χ3v) is 4.76. The van der Waals surface area contributed by atoms with Gasteiger partial charge in [0.1, 0.15) is 0 Å². The van der Waals surface area contributed by atoms with Crippen molar-refractivity contribution in [1.29, 1.82) is 0 Å². The molecule has 94 valence electrons. The van der Waals surface area contributed by atoms with Crippen molar-refractivity contribution in [3.8, 4) is 0 Å². The summed E-state index contributed by atoms with van der Waals surface area (Å²) in [5, 5.41) is 5.67. The van der Waals surface area contributed by atoms with Crippen molar-refractivity contribution in [3.63, 3.8) is 0 Å². The van der Waals surface area contributed by atoms with Gasteiger partial charge >= 0.3 is 0 Å². The van der Waals surface area contributed by atoms with Crippen LogP contribution in [0.1, 0.15) is 25.1 Å². The molecule has 6 heteroatoms. The third kappa shape index (κ3) is 4.13. The van der Waals surface area contributed by atoms with Gasteiger partial charge < -0.3 is 5.73 Å². The lowest BCUT2D eigenvalue weighted by Gasteiger charge is -2.07. The second kappa shape index (κ2) is 6.99. The Balaban J connectivity index is 3.30. The quantitative estimate of drug-likeness (QED) is 0.563. The van der Waals surface area contributed by atoms with Crippen molar-refractivity contribution in [2.75, 3.05) is 0 Å². The van der Waals surface area contributed by atoms with Crippen molar-refractivity contribution < 1.29 is 0 Å². The molecule has 0 saturated carbocycles. The average Bonchev–Trinajstić information content (AvgIpc) is 2.59. The van der Waals surface area contributed by atoms with Crippen molar-refractivity contribution in [2.45, 2.75) is 25.2 Å². The fraction of sp³-hybridized carbons (Fsp3) is 0.273. The Hall–Kier alpha value is 0.250. The highest BCUT2D eigenvalue weighted by Gasteiger charge is 2.13. The van der Waals surface area contributed by atoms with Crippen LogP contribution in [0.5, 0.6) is 0 Å². The summed E-state index contributed by atoms with van der Waals surface area (Å²) in [5.74, 6) is 0. The normalized spacial score (nSPS) is 13.8. The molecule has 2 nitrogen and oxygen atoms in total. The summed E-state index contributed by atoms with van der Waals surface area (Å²) in [4.78, 5) is 2.21. The molecule has 0 aliphatic rings. The summed E-state index contributed by atoms with van der Waals surface area (Å²) in [6, 6.07) is 2.03. The van der Waals surface area contributed by atoms with Crippen LogP contribution in [0.15, 0.2) is 31.0 Å². The van der Waals surface area contributed by atoms with Gasteiger partial charge in [-0.2, -0.15) is 0 Å². The van der Waals surface area contributed by atoms with Crippen LogP contribution in [0.4, 0.5) is 0 Å². The van der Waals surface area contributed by atoms with Crippen molar-refractivity contribution in [3.05, 3.63) is 31.0 Å². The third-order valence-electron chi connectivity index (χ3n) is 2.13. The monoisotopic (exact) mass is 396 g/mol. The number of thiophene rings is 1. The predicted octanol–water partition coefficient (Wildman–Crippen LogP) is 4.85. The zero-order valence-electron chi connectivity index (χ0n) is 9.59. The summed E-state index contributed by atoms with van der Waals surface area (Å²) >= 11 is 9.79. The standard InChI is InChI=1S/C11H14Br2N2S2/c1-3-7(8(14)4-6(2)12)11-9(17-15)5-10(13)16-11/h4-5H,3,14-15H2,1-2H3/b6-4+,8-7-. The maximum absolute atomic E-state index is 6.11. The second-order valence-corrected chi connectivity index (χ2v) is 7.74. The Morgan fingerprint density at radius 3 is 2.71 bits per heavy atom. The number of hydrogen-bond acceptors (Lipinski definition) is 4. The SMILES string of the molecule is CC/C(=C(N)\C=C(/C)Br)c1sc(Br)cc1SN. The van der Waals surface area contributed by atoms with E-state index in [1.807, 2.05) is 19.1 Å². The van der Waals surface area contributed by atoms with Crippen LogP contribution in [-0.2, 0) is 0 Å². The Labute approximate surface area is 127 Å². The second-order valence-electron chi connectivity index (χ2n) is 3.38. The molecule has 0 bridgehead atoms. The van der Waals surface area contributed by atoms with Crippen LogP contribution in [-0.4, -0.2) is 0 Å². The van der Waals surface area contributed by atoms with E-state index in [1.54, 1.807) is 11.3 Å². The molecule has 0 aromatic carbocycles. The molecule has 1 heterocycles. The van der Waals surface area contributed by atoms with Gasteiger partial charge in [-0.15, -0.1) is 11.3 Å². The van der Waals surface area contributed by atoms with E-state index >= 15 is 0 Å². The van der Waals surface area contributed by atoms with Gasteiger partial charge in [0.2, 0.25) is 0 Å². The Kier molecular flexibility index (Phi) is 6.30. The van der Waals surface area contributed by atoms with E-state index in [4.69, 9.17) is 10.9 Å². The highest BCUT2D eigenvalue weighted by Crippen LogP contribution is 2.38. The highest BCUT2D eigenvalue weighted by molar-refractivity contribution is 9.11. The van der Waals surface area contributed by atoms with Gasteiger partial charge in [-0.1, -0.05) is 22.9 Å². The predicted molar refractivity (Wildman–Crippen MR) is 86.1 cm³/mol. The number of nitrogens with two attached hydrogens (primary N) is 2. The molecule has 0 radical (unpaired) electrons. The molecule has 0 spiro atoms. The summed E-state index contributed by atoms with van der Waals surface area (Å²) < 4.78 is 2.08. The van der Waals surface area contributed by atoms with Crippen LogP contribution < -0.4 is 10.9 Å². The molecular weight excluding hydrogens is 384 g/mol. The van der Waals surface area contributed by atoms with Crippen molar-refractivity contribution in [2.24, 2.45) is 10.9 Å². The molecule has 1 aromatic heterocycles. The van der Waals surface area contributed by atoms with Crippen molar-refractivity contribution in [1.82, 2.24) is 0 Å². The van der Waals surface area contributed by atoms with Gasteiger partial charge in [0, 0.05) is 15.5 Å². The first-order valence-corrected chi connectivity index (χ1v) is 8.26. The lowest BCUT2D eigenvalue weighted by atomic mass is 10.1. The molecule has 1 rings (SSSR count). The molecule has 0 amide bonds. The first kappa shape index (κ1) is 15.3. The van der Waals surface area contributed by atoms with Gasteiger partial charge in [0.05, 0.1) is 3.79 Å². The van der Waals surface area contributed by atoms with Gasteiger partial charge in [0.25, 0.3) is 0 Å². The smallest absolute Gasteiger partial charge is 0.0717 e. The minimum atomic E-state index is 0.784. The molecule has 0 aliphatic heterocycles. The summed E-state index contributed by atoms with van der Waals surface area (Å²) in [5.41, 5.74) is 8.02. The Morgan fingerprint density at radius 2 is 2.24 bits per heavy atom. The van der Waals surface area contributed by atoms with E-state index in [2.05, 4.69) is 38.8 Å². The zero-order chi connectivity index (χ0) is 13.0. The molecule has 0 aliphatic carbocycles. The van der Waals surface area contributed by atoms with E-state index in [9.17, 15) is 0 Å². The zero-order valence-corrected chi connectivity index (χ0v) is 14.4. The first-order valence-electron chi connectivity index (χ1n) is 4.98. The Bertz CT molecular complexity index is 460. The van der Waals surface area contributed by atoms with Gasteiger partial charge in [-0.25, -0.2) is 0 Å². The maximum Gasteiger partial charge on any atom is 0.0717 e. The van der Waals surface area contributed by atoms with Crippen LogP contribution in [0.3, 0.4) is 0 Å². The van der Waals surface area contributed by atoms with Crippen LogP contribution in [0, 0.1) is 0 Å². The maximum atomic E-state index is 6.11. The largest absolute Gasteiger partial charge is 0.398 e. The van der Waals surface area contributed by atoms with Gasteiger partial charge in [-0.05, 0) is 63.4 Å². The van der Waals surface area contributed by atoms with E-state index in [1.165, 1.54) is 11.9 Å². The minimum absolute atomic E-state index is 0.784. The van der Waals surface area contributed by atoms with Crippen molar-refractivity contribution >= 4 is 60.7 Å². The first-order chi connectivity index (χ1) is 7.99. The fourth-order valence-electron chi connectivity index (χ4n) is 1.44.